The Morgan fingerprint density at radius 1 is 0.640 bits per heavy atom. The van der Waals surface area contributed by atoms with Gasteiger partial charge in [-0.25, -0.2) is 4.98 Å². The molecule has 0 aliphatic rings. The minimum atomic E-state index is -6.00. The maximum absolute atomic E-state index is 9.75. The molecule has 0 spiro atoms. The normalized spacial score (nSPS) is 10.9. The molecule has 0 bridgehead atoms. The van der Waals surface area contributed by atoms with E-state index in [1.807, 2.05) is 23.7 Å². The standard InChI is InChI=1S/C7H5NS.3BF4.K.H/c1-2-4-7-6(3-1)8-5-9-7;3*2-1(3,4)5;;/h1-5H;;;;;/q;3*-1;;. The van der Waals surface area contributed by atoms with E-state index in [1.54, 1.807) is 11.3 Å². The Morgan fingerprint density at radius 3 is 1.28 bits per heavy atom. The second-order valence-electron chi connectivity index (χ2n) is 3.30. The average molecular weight is 436 g/mol. The molecule has 0 atom stereocenters. The maximum atomic E-state index is 9.75. The van der Waals surface area contributed by atoms with Crippen molar-refractivity contribution in [3.63, 3.8) is 0 Å². The number of rotatable bonds is 0. The van der Waals surface area contributed by atoms with E-state index < -0.39 is 21.8 Å². The van der Waals surface area contributed by atoms with E-state index in [1.165, 1.54) is 4.70 Å². The monoisotopic (exact) mass is 436 g/mol. The van der Waals surface area contributed by atoms with Crippen LogP contribution in [0.3, 0.4) is 0 Å². The zero-order valence-electron chi connectivity index (χ0n) is 11.0. The molecular formula is C7H6B3F12KNS-3. The van der Waals surface area contributed by atoms with Crippen LogP contribution in [0.2, 0.25) is 0 Å². The van der Waals surface area contributed by atoms with Gasteiger partial charge in [0.2, 0.25) is 0 Å². The molecule has 0 saturated carbocycles. The molecule has 0 amide bonds. The first-order valence-corrected chi connectivity index (χ1v) is 6.25. The topological polar surface area (TPSA) is 12.9 Å². The summed E-state index contributed by atoms with van der Waals surface area (Å²) < 4.78 is 118. The maximum Gasteiger partial charge on any atom is 0.0812 e. The van der Waals surface area contributed by atoms with E-state index in [4.69, 9.17) is 0 Å². The molecule has 0 aliphatic carbocycles. The minimum Gasteiger partial charge on any atom is -0.245 e. The number of para-hydroxylation sites is 1. The van der Waals surface area contributed by atoms with Crippen molar-refractivity contribution in [1.82, 2.24) is 4.98 Å². The van der Waals surface area contributed by atoms with Gasteiger partial charge in [0.15, 0.2) is 0 Å². The van der Waals surface area contributed by atoms with Gasteiger partial charge in [-0.05, 0) is 12.1 Å². The largest absolute Gasteiger partial charge is 0.245 e. The molecule has 0 aliphatic heterocycles. The first-order chi connectivity index (χ1) is 10.5. The molecule has 1 nitrogen and oxygen atoms in total. The first-order valence-electron chi connectivity index (χ1n) is 5.37. The van der Waals surface area contributed by atoms with Gasteiger partial charge in [-0.3, -0.25) is 0 Å². The number of benzene rings is 1. The van der Waals surface area contributed by atoms with Crippen molar-refractivity contribution in [2.45, 2.75) is 0 Å². The molecule has 2 rings (SSSR count). The van der Waals surface area contributed by atoms with Crippen LogP contribution in [-0.2, 0) is 0 Å². The Balaban J connectivity index is -0.000000269. The van der Waals surface area contributed by atoms with Crippen LogP contribution in [0.1, 0.15) is 0 Å². The predicted molar refractivity (Wildman–Crippen MR) is 77.3 cm³/mol. The number of thiazole rings is 1. The van der Waals surface area contributed by atoms with E-state index in [-0.39, 0.29) is 51.4 Å². The number of nitrogens with zero attached hydrogens (tertiary/aromatic N) is 1. The summed E-state index contributed by atoms with van der Waals surface area (Å²) in [5, 5.41) is 0. The zero-order chi connectivity index (χ0) is 19.6. The molecule has 18 heteroatoms. The quantitative estimate of drug-likeness (QED) is 0.391. The fourth-order valence-electron chi connectivity index (χ4n) is 0.803. The van der Waals surface area contributed by atoms with Crippen molar-refractivity contribution in [3.05, 3.63) is 29.8 Å². The van der Waals surface area contributed by atoms with Gasteiger partial charge in [0, 0.05) is 0 Å². The third-order valence-electron chi connectivity index (χ3n) is 1.24. The van der Waals surface area contributed by atoms with Gasteiger partial charge in [0.1, 0.15) is 0 Å². The van der Waals surface area contributed by atoms with Crippen molar-refractivity contribution in [2.75, 3.05) is 0 Å². The molecule has 25 heavy (non-hydrogen) atoms. The molecule has 0 saturated heterocycles. The van der Waals surface area contributed by atoms with Crippen molar-refractivity contribution < 1.29 is 51.8 Å². The summed E-state index contributed by atoms with van der Waals surface area (Å²) >= 11 is 1.68. The van der Waals surface area contributed by atoms with E-state index in [2.05, 4.69) is 11.1 Å². The Bertz CT molecular complexity index is 493. The molecule has 0 unspecified atom stereocenters. The van der Waals surface area contributed by atoms with Crippen LogP contribution in [0, 0.1) is 0 Å². The number of hydrogen-bond acceptors (Lipinski definition) is 2. The van der Waals surface area contributed by atoms with Gasteiger partial charge in [0.05, 0.1) is 15.7 Å². The van der Waals surface area contributed by atoms with E-state index in [0.717, 1.165) is 5.52 Å². The van der Waals surface area contributed by atoms with Crippen molar-refractivity contribution in [2.24, 2.45) is 0 Å². The Kier molecular flexibility index (Phi) is 15.9. The number of aromatic nitrogens is 1. The summed E-state index contributed by atoms with van der Waals surface area (Å²) in [5.74, 6) is 0. The molecule has 1 aromatic heterocycles. The number of hydrogen-bond donors (Lipinski definition) is 0. The van der Waals surface area contributed by atoms with Crippen molar-refractivity contribution in [3.8, 4) is 0 Å². The van der Waals surface area contributed by atoms with Crippen LogP contribution in [0.5, 0.6) is 0 Å². The van der Waals surface area contributed by atoms with E-state index in [9.17, 15) is 51.8 Å². The molecule has 0 radical (unpaired) electrons. The number of halogens is 12. The van der Waals surface area contributed by atoms with E-state index >= 15 is 0 Å². The second-order valence-corrected chi connectivity index (χ2v) is 4.19. The first kappa shape index (κ1) is 29.8. The molecular weight excluding hydrogens is 430 g/mol. The molecule has 1 aromatic carbocycles. The molecule has 2 aromatic rings. The zero-order valence-corrected chi connectivity index (χ0v) is 11.8. The van der Waals surface area contributed by atoms with Gasteiger partial charge in [-0.2, -0.15) is 0 Å². The smallest absolute Gasteiger partial charge is 0.0812 e. The van der Waals surface area contributed by atoms with E-state index in [0.29, 0.717) is 0 Å². The summed E-state index contributed by atoms with van der Waals surface area (Å²) in [6, 6.07) is 8.13. The summed E-state index contributed by atoms with van der Waals surface area (Å²) in [5.41, 5.74) is 2.97. The van der Waals surface area contributed by atoms with Gasteiger partial charge in [0.25, 0.3) is 0 Å². The van der Waals surface area contributed by atoms with Crippen LogP contribution >= 0.6 is 11.3 Å². The molecule has 0 N–H and O–H groups in total. The fraction of sp³-hybridized carbons (Fsp3) is 0. The third kappa shape index (κ3) is 40.3. The molecule has 142 valence electrons. The van der Waals surface area contributed by atoms with Crippen LogP contribution in [-0.4, -0.2) is 78.1 Å². The summed E-state index contributed by atoms with van der Waals surface area (Å²) in [6.45, 7) is 0. The third-order valence-corrected chi connectivity index (χ3v) is 2.05. The van der Waals surface area contributed by atoms with Crippen LogP contribution in [0.15, 0.2) is 29.8 Å². The minimum absolute atomic E-state index is 0. The second kappa shape index (κ2) is 13.3. The Hall–Kier alpha value is 0.101. The van der Waals surface area contributed by atoms with Gasteiger partial charge >= 0.3 is 73.1 Å². The average Bonchev–Trinajstić information content (AvgIpc) is 2.69. The number of fused-ring (bicyclic) bond motifs is 1. The predicted octanol–water partition coefficient (Wildman–Crippen LogP) is 5.55. The van der Waals surface area contributed by atoms with Crippen molar-refractivity contribution in [1.29, 1.82) is 0 Å². The summed E-state index contributed by atoms with van der Waals surface area (Å²) in [6.07, 6.45) is 0. The van der Waals surface area contributed by atoms with Crippen molar-refractivity contribution >= 4 is 94.7 Å². The molecule has 1 heterocycles. The summed E-state index contributed by atoms with van der Waals surface area (Å²) in [7, 11) is -18.0. The fourth-order valence-corrected chi connectivity index (χ4v) is 1.48. The SMILES string of the molecule is F[B-](F)(F)F.F[B-](F)(F)F.F[B-](F)(F)F.[KH].c1ccc2scnc2c1. The van der Waals surface area contributed by atoms with Crippen LogP contribution < -0.4 is 0 Å². The van der Waals surface area contributed by atoms with Gasteiger partial charge in [-0.1, -0.05) is 12.1 Å². The Morgan fingerprint density at radius 2 is 0.960 bits per heavy atom. The Labute approximate surface area is 179 Å². The summed E-state index contributed by atoms with van der Waals surface area (Å²) in [4.78, 5) is 4.14. The van der Waals surface area contributed by atoms with Crippen LogP contribution in [0.4, 0.5) is 51.8 Å². The van der Waals surface area contributed by atoms with Gasteiger partial charge in [-0.15, -0.1) is 11.3 Å². The van der Waals surface area contributed by atoms with Gasteiger partial charge < -0.3 is 51.8 Å². The van der Waals surface area contributed by atoms with Crippen LogP contribution in [0.25, 0.3) is 10.2 Å². The molecule has 0 fully saturated rings.